The molecular weight excluding hydrogens is 502 g/mol. The van der Waals surface area contributed by atoms with E-state index in [9.17, 15) is 4.79 Å². The predicted molar refractivity (Wildman–Crippen MR) is 148 cm³/mol. The number of halogens is 1. The fourth-order valence-electron chi connectivity index (χ4n) is 4.76. The average molecular weight is 534 g/mol. The number of benzene rings is 2. The maximum Gasteiger partial charge on any atom is 0.251 e. The lowest BCUT2D eigenvalue weighted by Crippen LogP contribution is -2.39. The molecule has 1 N–H and O–H groups in total. The quantitative estimate of drug-likeness (QED) is 0.358. The molecule has 2 heterocycles. The second-order valence-electron chi connectivity index (χ2n) is 9.57. The summed E-state index contributed by atoms with van der Waals surface area (Å²) in [6.07, 6.45) is 4.52. The molecule has 0 radical (unpaired) electrons. The fourth-order valence-corrected chi connectivity index (χ4v) is 4.96. The number of nitrogens with zero attached hydrogens (tertiary/aromatic N) is 2. The van der Waals surface area contributed by atoms with Crippen LogP contribution in [0.4, 0.5) is 0 Å². The number of nitrogens with one attached hydrogen (secondary N) is 1. The van der Waals surface area contributed by atoms with Crippen LogP contribution in [0.25, 0.3) is 5.57 Å². The number of pyridine rings is 1. The molecule has 2 aromatic carbocycles. The van der Waals surface area contributed by atoms with Crippen molar-refractivity contribution in [1.29, 1.82) is 0 Å². The fraction of sp³-hybridized carbons (Fsp3) is 0.333. The highest BCUT2D eigenvalue weighted by molar-refractivity contribution is 6.29. The van der Waals surface area contributed by atoms with Crippen LogP contribution in [0.3, 0.4) is 0 Å². The number of hydrogen-bond donors (Lipinski definition) is 1. The molecule has 0 unspecified atom stereocenters. The van der Waals surface area contributed by atoms with Gasteiger partial charge in [-0.05, 0) is 84.5 Å². The van der Waals surface area contributed by atoms with Crippen LogP contribution in [0.5, 0.6) is 17.2 Å². The minimum atomic E-state index is 0.0810. The maximum absolute atomic E-state index is 13.9. The number of ether oxygens (including phenoxy) is 3. The van der Waals surface area contributed by atoms with Crippen molar-refractivity contribution in [2.75, 3.05) is 27.3 Å². The standard InChI is InChI=1S/C30H32ClN3O4/c1-36-25-12-21(13-26(16-25)37-2)19-38-24-5-3-4-22(15-24)27-9-10-32-17-28(27)30(35)34(23-6-7-23)18-20-8-11-33-29(31)14-20/h3-5,8,11-16,23,32H,6-7,9-10,17-19H2,1-2H3. The lowest BCUT2D eigenvalue weighted by molar-refractivity contribution is -0.128. The van der Waals surface area contributed by atoms with E-state index >= 15 is 0 Å². The smallest absolute Gasteiger partial charge is 0.251 e. The summed E-state index contributed by atoms with van der Waals surface area (Å²) in [6.45, 7) is 2.26. The number of rotatable bonds is 10. The van der Waals surface area contributed by atoms with Gasteiger partial charge in [-0.15, -0.1) is 0 Å². The zero-order chi connectivity index (χ0) is 26.5. The first-order valence-corrected chi connectivity index (χ1v) is 13.2. The van der Waals surface area contributed by atoms with Gasteiger partial charge >= 0.3 is 0 Å². The van der Waals surface area contributed by atoms with Crippen molar-refractivity contribution in [1.82, 2.24) is 15.2 Å². The number of carbonyl (C=O) groups is 1. The molecule has 1 aromatic heterocycles. The monoisotopic (exact) mass is 533 g/mol. The number of carbonyl (C=O) groups excluding carboxylic acids is 1. The van der Waals surface area contributed by atoms with Crippen LogP contribution in [0.2, 0.25) is 5.15 Å². The number of methoxy groups -OCH3 is 2. The van der Waals surface area contributed by atoms with E-state index < -0.39 is 0 Å². The Morgan fingerprint density at radius 2 is 1.82 bits per heavy atom. The molecule has 1 aliphatic heterocycles. The van der Waals surface area contributed by atoms with Gasteiger partial charge in [0.05, 0.1) is 14.2 Å². The third-order valence-electron chi connectivity index (χ3n) is 6.87. The highest BCUT2D eigenvalue weighted by atomic mass is 35.5. The normalized spacial score (nSPS) is 15.2. The predicted octanol–water partition coefficient (Wildman–Crippen LogP) is 5.27. The van der Waals surface area contributed by atoms with Crippen LogP contribution in [0, 0.1) is 0 Å². The SMILES string of the molecule is COc1cc(COc2cccc(C3=C(C(=O)N(Cc4ccnc(Cl)c4)C4CC4)CNCC3)c2)cc(OC)c1. The summed E-state index contributed by atoms with van der Waals surface area (Å²) >= 11 is 6.11. The highest BCUT2D eigenvalue weighted by Crippen LogP contribution is 2.34. The molecule has 0 spiro atoms. The maximum atomic E-state index is 13.9. The van der Waals surface area contributed by atoms with E-state index in [4.69, 9.17) is 25.8 Å². The van der Waals surface area contributed by atoms with Gasteiger partial charge in [0.2, 0.25) is 0 Å². The zero-order valence-electron chi connectivity index (χ0n) is 21.7. The molecule has 38 heavy (non-hydrogen) atoms. The Bertz CT molecular complexity index is 1320. The lowest BCUT2D eigenvalue weighted by Gasteiger charge is -2.28. The molecule has 1 fully saturated rings. The summed E-state index contributed by atoms with van der Waals surface area (Å²) in [5, 5.41) is 3.83. The van der Waals surface area contributed by atoms with Crippen LogP contribution in [-0.4, -0.2) is 49.1 Å². The van der Waals surface area contributed by atoms with Gasteiger partial charge in [-0.3, -0.25) is 4.79 Å². The summed E-state index contributed by atoms with van der Waals surface area (Å²) in [4.78, 5) is 20.0. The van der Waals surface area contributed by atoms with Gasteiger partial charge in [-0.2, -0.15) is 0 Å². The molecule has 1 amide bonds. The molecule has 1 saturated carbocycles. The number of amides is 1. The van der Waals surface area contributed by atoms with Crippen molar-refractivity contribution in [2.24, 2.45) is 0 Å². The van der Waals surface area contributed by atoms with Crippen LogP contribution >= 0.6 is 11.6 Å². The van der Waals surface area contributed by atoms with Crippen LogP contribution in [0.15, 0.2) is 66.4 Å². The van der Waals surface area contributed by atoms with Crippen LogP contribution in [-0.2, 0) is 17.9 Å². The molecular formula is C30H32ClN3O4. The summed E-state index contributed by atoms with van der Waals surface area (Å²) in [7, 11) is 3.26. The summed E-state index contributed by atoms with van der Waals surface area (Å²) in [5.74, 6) is 2.26. The molecule has 2 aliphatic rings. The molecule has 0 saturated heterocycles. The van der Waals surface area contributed by atoms with Crippen molar-refractivity contribution in [3.05, 3.63) is 88.2 Å². The zero-order valence-corrected chi connectivity index (χ0v) is 22.5. The van der Waals surface area contributed by atoms with Gasteiger partial charge in [-0.25, -0.2) is 4.98 Å². The van der Waals surface area contributed by atoms with Crippen molar-refractivity contribution in [2.45, 2.75) is 38.5 Å². The van der Waals surface area contributed by atoms with E-state index in [0.717, 1.165) is 59.4 Å². The molecule has 0 atom stereocenters. The topological polar surface area (TPSA) is 72.9 Å². The molecule has 198 valence electrons. The van der Waals surface area contributed by atoms with Gasteiger partial charge in [0.15, 0.2) is 0 Å². The van der Waals surface area contributed by atoms with E-state index in [0.29, 0.717) is 36.3 Å². The largest absolute Gasteiger partial charge is 0.497 e. The Balaban J connectivity index is 1.37. The minimum absolute atomic E-state index is 0.0810. The Morgan fingerprint density at radius 3 is 2.53 bits per heavy atom. The minimum Gasteiger partial charge on any atom is -0.497 e. The summed E-state index contributed by atoms with van der Waals surface area (Å²) in [5.41, 5.74) is 4.83. The van der Waals surface area contributed by atoms with Crippen molar-refractivity contribution in [3.8, 4) is 17.2 Å². The first-order valence-electron chi connectivity index (χ1n) is 12.8. The van der Waals surface area contributed by atoms with Crippen molar-refractivity contribution in [3.63, 3.8) is 0 Å². The van der Waals surface area contributed by atoms with E-state index in [1.807, 2.05) is 53.4 Å². The average Bonchev–Trinajstić information content (AvgIpc) is 3.80. The first-order chi connectivity index (χ1) is 18.5. The molecule has 3 aromatic rings. The van der Waals surface area contributed by atoms with E-state index in [1.54, 1.807) is 20.4 Å². The van der Waals surface area contributed by atoms with Crippen LogP contribution < -0.4 is 19.5 Å². The van der Waals surface area contributed by atoms with Gasteiger partial charge in [0, 0.05) is 37.0 Å². The Morgan fingerprint density at radius 1 is 1.03 bits per heavy atom. The second-order valence-corrected chi connectivity index (χ2v) is 9.96. The van der Waals surface area contributed by atoms with E-state index in [1.165, 1.54) is 0 Å². The molecule has 1 aliphatic carbocycles. The summed E-state index contributed by atoms with van der Waals surface area (Å²) < 4.78 is 16.9. The van der Waals surface area contributed by atoms with Gasteiger partial charge in [0.25, 0.3) is 5.91 Å². The first kappa shape index (κ1) is 26.1. The van der Waals surface area contributed by atoms with Crippen LogP contribution in [0.1, 0.15) is 36.0 Å². The van der Waals surface area contributed by atoms with E-state index in [-0.39, 0.29) is 11.9 Å². The molecule has 5 rings (SSSR count). The van der Waals surface area contributed by atoms with Crippen molar-refractivity contribution < 1.29 is 19.0 Å². The summed E-state index contributed by atoms with van der Waals surface area (Å²) in [6, 6.07) is 17.7. The molecule has 0 bridgehead atoms. The molecule has 7 nitrogen and oxygen atoms in total. The van der Waals surface area contributed by atoms with E-state index in [2.05, 4.69) is 16.4 Å². The third kappa shape index (κ3) is 6.29. The third-order valence-corrected chi connectivity index (χ3v) is 7.07. The van der Waals surface area contributed by atoms with Gasteiger partial charge in [-0.1, -0.05) is 23.7 Å². The Hall–Kier alpha value is -3.55. The van der Waals surface area contributed by atoms with Gasteiger partial charge in [0.1, 0.15) is 29.0 Å². The lowest BCUT2D eigenvalue weighted by atomic mass is 9.93. The number of aromatic nitrogens is 1. The Labute approximate surface area is 228 Å². The molecule has 8 heteroatoms. The highest BCUT2D eigenvalue weighted by Gasteiger charge is 2.35. The Kier molecular flexibility index (Phi) is 8.15. The second kappa shape index (κ2) is 11.9. The van der Waals surface area contributed by atoms with Crippen molar-refractivity contribution >= 4 is 23.1 Å². The van der Waals surface area contributed by atoms with Gasteiger partial charge < -0.3 is 24.4 Å². The number of hydrogen-bond acceptors (Lipinski definition) is 6.